The van der Waals surface area contributed by atoms with E-state index in [4.69, 9.17) is 5.73 Å². The second-order valence-electron chi connectivity index (χ2n) is 4.33. The summed E-state index contributed by atoms with van der Waals surface area (Å²) in [5.74, 6) is 0. The van der Waals surface area contributed by atoms with Crippen LogP contribution in [-0.4, -0.2) is 25.2 Å². The molecule has 0 aliphatic rings. The van der Waals surface area contributed by atoms with Gasteiger partial charge in [0.25, 0.3) is 0 Å². The summed E-state index contributed by atoms with van der Waals surface area (Å²) >= 11 is 0. The summed E-state index contributed by atoms with van der Waals surface area (Å²) in [5.41, 5.74) is 7.94. The summed E-state index contributed by atoms with van der Waals surface area (Å²) in [6, 6.07) is 4.58. The van der Waals surface area contributed by atoms with E-state index in [1.807, 2.05) is 13.2 Å². The lowest BCUT2D eigenvalue weighted by Gasteiger charge is -2.10. The van der Waals surface area contributed by atoms with Gasteiger partial charge in [-0.05, 0) is 25.2 Å². The van der Waals surface area contributed by atoms with E-state index < -0.39 is 10.0 Å². The van der Waals surface area contributed by atoms with Gasteiger partial charge in [-0.1, -0.05) is 0 Å². The van der Waals surface area contributed by atoms with Crippen molar-refractivity contribution in [3.05, 3.63) is 36.2 Å². The second kappa shape index (κ2) is 5.51. The molecule has 20 heavy (non-hydrogen) atoms. The fourth-order valence-electron chi connectivity index (χ4n) is 1.75. The number of nitrogens with two attached hydrogens (primary N) is 1. The van der Waals surface area contributed by atoms with Crippen molar-refractivity contribution < 1.29 is 8.42 Å². The lowest BCUT2D eigenvalue weighted by molar-refractivity contribution is 0.588. The number of sulfonamides is 1. The minimum Gasteiger partial charge on any atom is -0.397 e. The summed E-state index contributed by atoms with van der Waals surface area (Å²) in [6.07, 6.45) is 3.64. The number of hydrogen-bond donors (Lipinski definition) is 3. The number of benzene rings is 1. The molecular weight excluding hydrogens is 278 g/mol. The van der Waals surface area contributed by atoms with Gasteiger partial charge in [0.05, 0.1) is 22.5 Å². The van der Waals surface area contributed by atoms with Crippen LogP contribution in [0.4, 0.5) is 11.4 Å². The van der Waals surface area contributed by atoms with Gasteiger partial charge in [-0.25, -0.2) is 13.1 Å². The molecule has 0 aliphatic heterocycles. The van der Waals surface area contributed by atoms with Gasteiger partial charge in [-0.2, -0.15) is 5.10 Å². The smallest absolute Gasteiger partial charge is 0.240 e. The Bertz CT molecular complexity index is 708. The Hall–Kier alpha value is -2.06. The molecule has 8 heteroatoms. The van der Waals surface area contributed by atoms with Crippen LogP contribution in [0.15, 0.2) is 35.5 Å². The molecule has 0 fully saturated rings. The summed E-state index contributed by atoms with van der Waals surface area (Å²) in [7, 11) is -0.269. The highest BCUT2D eigenvalue weighted by molar-refractivity contribution is 7.89. The molecule has 1 aromatic heterocycles. The third-order valence-corrected chi connectivity index (χ3v) is 4.26. The standard InChI is InChI=1S/C12H17N5O2S/c1-14-20(18,19)10-3-4-12(11(13)5-10)15-6-9-7-16-17(2)8-9/h3-5,7-8,14-15H,6,13H2,1-2H3. The van der Waals surface area contributed by atoms with Gasteiger partial charge in [0.2, 0.25) is 10.0 Å². The number of anilines is 2. The molecule has 0 unspecified atom stereocenters. The number of nitrogens with one attached hydrogen (secondary N) is 2. The van der Waals surface area contributed by atoms with E-state index in [0.717, 1.165) is 5.56 Å². The number of rotatable bonds is 5. The number of aromatic nitrogens is 2. The Morgan fingerprint density at radius 2 is 2.15 bits per heavy atom. The number of nitrogens with zero attached hydrogens (tertiary/aromatic N) is 2. The molecule has 7 nitrogen and oxygen atoms in total. The van der Waals surface area contributed by atoms with Crippen molar-refractivity contribution in [2.75, 3.05) is 18.1 Å². The predicted molar refractivity (Wildman–Crippen MR) is 77.6 cm³/mol. The highest BCUT2D eigenvalue weighted by atomic mass is 32.2. The molecule has 1 aromatic carbocycles. The van der Waals surface area contributed by atoms with Crippen LogP contribution in [0.2, 0.25) is 0 Å². The summed E-state index contributed by atoms with van der Waals surface area (Å²) in [4.78, 5) is 0.143. The van der Waals surface area contributed by atoms with Crippen molar-refractivity contribution in [2.24, 2.45) is 7.05 Å². The fourth-order valence-corrected chi connectivity index (χ4v) is 2.51. The molecule has 0 saturated heterocycles. The largest absolute Gasteiger partial charge is 0.397 e. The molecule has 0 saturated carbocycles. The first-order chi connectivity index (χ1) is 9.42. The van der Waals surface area contributed by atoms with Gasteiger partial charge in [0.1, 0.15) is 0 Å². The molecule has 0 atom stereocenters. The molecule has 0 radical (unpaired) electrons. The lowest BCUT2D eigenvalue weighted by atomic mass is 10.2. The Balaban J connectivity index is 2.14. The van der Waals surface area contributed by atoms with Crippen LogP contribution in [-0.2, 0) is 23.6 Å². The van der Waals surface area contributed by atoms with E-state index in [-0.39, 0.29) is 4.90 Å². The van der Waals surface area contributed by atoms with Gasteiger partial charge in [0.15, 0.2) is 0 Å². The minimum absolute atomic E-state index is 0.143. The van der Waals surface area contributed by atoms with Gasteiger partial charge < -0.3 is 11.1 Å². The number of nitrogen functional groups attached to an aromatic ring is 1. The molecule has 0 bridgehead atoms. The molecule has 4 N–H and O–H groups in total. The second-order valence-corrected chi connectivity index (χ2v) is 6.22. The van der Waals surface area contributed by atoms with Crippen LogP contribution in [0, 0.1) is 0 Å². The molecule has 1 heterocycles. The highest BCUT2D eigenvalue weighted by Crippen LogP contribution is 2.22. The summed E-state index contributed by atoms with van der Waals surface area (Å²) in [6.45, 7) is 0.566. The van der Waals surface area contributed by atoms with E-state index in [0.29, 0.717) is 17.9 Å². The van der Waals surface area contributed by atoms with E-state index in [1.165, 1.54) is 19.2 Å². The quantitative estimate of drug-likeness (QED) is 0.698. The number of aryl methyl sites for hydroxylation is 1. The highest BCUT2D eigenvalue weighted by Gasteiger charge is 2.12. The molecule has 2 rings (SSSR count). The van der Waals surface area contributed by atoms with Gasteiger partial charge in [-0.15, -0.1) is 0 Å². The molecule has 2 aromatic rings. The van der Waals surface area contributed by atoms with Crippen molar-refractivity contribution in [1.82, 2.24) is 14.5 Å². The van der Waals surface area contributed by atoms with E-state index in [2.05, 4.69) is 15.1 Å². The van der Waals surface area contributed by atoms with Crippen molar-refractivity contribution in [3.63, 3.8) is 0 Å². The fraction of sp³-hybridized carbons (Fsp3) is 0.250. The minimum atomic E-state index is -3.47. The first-order valence-electron chi connectivity index (χ1n) is 5.97. The monoisotopic (exact) mass is 295 g/mol. The van der Waals surface area contributed by atoms with Gasteiger partial charge in [-0.3, -0.25) is 4.68 Å². The first kappa shape index (κ1) is 14.4. The van der Waals surface area contributed by atoms with Gasteiger partial charge >= 0.3 is 0 Å². The normalized spacial score (nSPS) is 11.5. The Morgan fingerprint density at radius 3 is 2.70 bits per heavy atom. The van der Waals surface area contributed by atoms with Crippen molar-refractivity contribution in [2.45, 2.75) is 11.4 Å². The average molecular weight is 295 g/mol. The first-order valence-corrected chi connectivity index (χ1v) is 7.45. The van der Waals surface area contributed by atoms with Crippen LogP contribution in [0.1, 0.15) is 5.56 Å². The van der Waals surface area contributed by atoms with Crippen molar-refractivity contribution in [1.29, 1.82) is 0 Å². The molecule has 0 spiro atoms. The van der Waals surface area contributed by atoms with E-state index in [1.54, 1.807) is 16.9 Å². The Kier molecular flexibility index (Phi) is 3.96. The van der Waals surface area contributed by atoms with E-state index in [9.17, 15) is 8.42 Å². The van der Waals surface area contributed by atoms with Crippen LogP contribution in [0.25, 0.3) is 0 Å². The van der Waals surface area contributed by atoms with Crippen LogP contribution < -0.4 is 15.8 Å². The van der Waals surface area contributed by atoms with Crippen molar-refractivity contribution in [3.8, 4) is 0 Å². The van der Waals surface area contributed by atoms with Crippen molar-refractivity contribution >= 4 is 21.4 Å². The summed E-state index contributed by atoms with van der Waals surface area (Å²) < 4.78 is 27.3. The molecule has 0 amide bonds. The van der Waals surface area contributed by atoms with Crippen LogP contribution in [0.3, 0.4) is 0 Å². The lowest BCUT2D eigenvalue weighted by Crippen LogP contribution is -2.18. The maximum absolute atomic E-state index is 11.6. The Morgan fingerprint density at radius 1 is 1.40 bits per heavy atom. The molecular formula is C12H17N5O2S. The van der Waals surface area contributed by atoms with Gasteiger partial charge in [0, 0.05) is 25.4 Å². The zero-order valence-corrected chi connectivity index (χ0v) is 12.1. The maximum atomic E-state index is 11.6. The third kappa shape index (κ3) is 3.09. The van der Waals surface area contributed by atoms with E-state index >= 15 is 0 Å². The topological polar surface area (TPSA) is 102 Å². The predicted octanol–water partition coefficient (Wildman–Crippen LogP) is 0.522. The Labute approximate surface area is 117 Å². The van der Waals surface area contributed by atoms with Crippen LogP contribution in [0.5, 0.6) is 0 Å². The third-order valence-electron chi connectivity index (χ3n) is 2.84. The number of hydrogen-bond acceptors (Lipinski definition) is 5. The zero-order chi connectivity index (χ0) is 14.8. The maximum Gasteiger partial charge on any atom is 0.240 e. The van der Waals surface area contributed by atoms with Crippen LogP contribution >= 0.6 is 0 Å². The summed E-state index contributed by atoms with van der Waals surface area (Å²) in [5, 5.41) is 7.21. The zero-order valence-electron chi connectivity index (χ0n) is 11.3. The molecule has 108 valence electrons. The average Bonchev–Trinajstić information content (AvgIpc) is 2.83. The molecule has 0 aliphatic carbocycles. The SMILES string of the molecule is CNS(=O)(=O)c1ccc(NCc2cnn(C)c2)c(N)c1.